The van der Waals surface area contributed by atoms with E-state index in [1.54, 1.807) is 6.92 Å². The molecule has 0 unspecified atom stereocenters. The van der Waals surface area contributed by atoms with Crippen LogP contribution in [0, 0.1) is 0 Å². The highest BCUT2D eigenvalue weighted by Crippen LogP contribution is 2.31. The molecule has 132 valence electrons. The summed E-state index contributed by atoms with van der Waals surface area (Å²) in [6.45, 7) is 5.39. The van der Waals surface area contributed by atoms with Gasteiger partial charge in [-0.25, -0.2) is 4.79 Å². The normalized spacial score (nSPS) is 11.0. The molecular formula is C25H20O2. The number of fused-ring (bicyclic) bond motifs is 2. The summed E-state index contributed by atoms with van der Waals surface area (Å²) < 4.78 is 5.84. The Labute approximate surface area is 158 Å². The van der Waals surface area contributed by atoms with Crippen molar-refractivity contribution >= 4 is 27.5 Å². The van der Waals surface area contributed by atoms with Gasteiger partial charge in [0.2, 0.25) is 0 Å². The predicted molar refractivity (Wildman–Crippen MR) is 111 cm³/mol. The Kier molecular flexibility index (Phi) is 4.47. The number of esters is 1. The van der Waals surface area contributed by atoms with Crippen molar-refractivity contribution in [2.24, 2.45) is 0 Å². The van der Waals surface area contributed by atoms with Gasteiger partial charge in [-0.1, -0.05) is 79.4 Å². The Hall–Kier alpha value is -3.39. The lowest BCUT2D eigenvalue weighted by Crippen LogP contribution is -2.13. The molecule has 2 nitrogen and oxygen atoms in total. The minimum atomic E-state index is -0.483. The third-order valence-electron chi connectivity index (χ3n) is 4.73. The first-order valence-electron chi connectivity index (χ1n) is 8.96. The molecule has 0 bridgehead atoms. The summed E-state index contributed by atoms with van der Waals surface area (Å²) in [5.41, 5.74) is 2.28. The molecule has 0 fully saturated rings. The van der Waals surface area contributed by atoms with Gasteiger partial charge in [-0.3, -0.25) is 0 Å². The summed E-state index contributed by atoms with van der Waals surface area (Å²) in [6.07, 6.45) is -0.483. The maximum Gasteiger partial charge on any atom is 0.334 e. The van der Waals surface area contributed by atoms with Gasteiger partial charge in [-0.05, 0) is 51.7 Å². The zero-order valence-corrected chi connectivity index (χ0v) is 15.2. The molecule has 0 saturated heterocycles. The topological polar surface area (TPSA) is 26.3 Å². The quantitative estimate of drug-likeness (QED) is 0.323. The first-order valence-corrected chi connectivity index (χ1v) is 8.96. The molecule has 0 aliphatic rings. The van der Waals surface area contributed by atoms with E-state index in [4.69, 9.17) is 4.74 Å². The highest BCUT2D eigenvalue weighted by Gasteiger charge is 2.20. The monoisotopic (exact) mass is 352 g/mol. The molecule has 0 atom stereocenters. The van der Waals surface area contributed by atoms with Crippen LogP contribution in [0.3, 0.4) is 0 Å². The van der Waals surface area contributed by atoms with Gasteiger partial charge in [-0.15, -0.1) is 0 Å². The molecular weight excluding hydrogens is 332 g/mol. The van der Waals surface area contributed by atoms with Crippen molar-refractivity contribution in [2.45, 2.75) is 13.0 Å². The summed E-state index contributed by atoms with van der Waals surface area (Å²) >= 11 is 0. The fourth-order valence-electron chi connectivity index (χ4n) is 3.28. The number of rotatable bonds is 4. The van der Waals surface area contributed by atoms with Crippen molar-refractivity contribution in [3.8, 4) is 0 Å². The zero-order chi connectivity index (χ0) is 18.8. The smallest absolute Gasteiger partial charge is 0.334 e. The van der Waals surface area contributed by atoms with Crippen LogP contribution in [0.5, 0.6) is 0 Å². The summed E-state index contributed by atoms with van der Waals surface area (Å²) in [5.74, 6) is -0.388. The first-order chi connectivity index (χ1) is 13.1. The second-order valence-corrected chi connectivity index (χ2v) is 6.78. The molecule has 2 heteroatoms. The van der Waals surface area contributed by atoms with Crippen LogP contribution in [-0.4, -0.2) is 5.97 Å². The largest absolute Gasteiger partial charge is 0.449 e. The second kappa shape index (κ2) is 7.08. The molecule has 27 heavy (non-hydrogen) atoms. The average Bonchev–Trinajstić information content (AvgIpc) is 2.71. The van der Waals surface area contributed by atoms with Gasteiger partial charge < -0.3 is 4.74 Å². The van der Waals surface area contributed by atoms with E-state index in [9.17, 15) is 4.79 Å². The fraction of sp³-hybridized carbons (Fsp3) is 0.0800. The van der Waals surface area contributed by atoms with Crippen LogP contribution in [0.25, 0.3) is 21.5 Å². The molecule has 0 saturated carbocycles. The van der Waals surface area contributed by atoms with Gasteiger partial charge in [0.25, 0.3) is 0 Å². The number of hydrogen-bond acceptors (Lipinski definition) is 2. The second-order valence-electron chi connectivity index (χ2n) is 6.78. The first kappa shape index (κ1) is 17.0. The van der Waals surface area contributed by atoms with Crippen LogP contribution in [0.2, 0.25) is 0 Å². The third kappa shape index (κ3) is 3.47. The lowest BCUT2D eigenvalue weighted by molar-refractivity contribution is -0.142. The molecule has 0 amide bonds. The Morgan fingerprint density at radius 2 is 1.19 bits per heavy atom. The van der Waals surface area contributed by atoms with E-state index in [1.807, 2.05) is 36.4 Å². The van der Waals surface area contributed by atoms with Gasteiger partial charge in [0.15, 0.2) is 6.10 Å². The molecule has 0 heterocycles. The maximum atomic E-state index is 12.3. The molecule has 0 aromatic heterocycles. The van der Waals surface area contributed by atoms with E-state index in [1.165, 1.54) is 0 Å². The SMILES string of the molecule is C=C(C)C(=O)OC(c1ccc2ccccc2c1)c1ccc2ccccc2c1. The van der Waals surface area contributed by atoms with Crippen molar-refractivity contribution in [3.05, 3.63) is 108 Å². The summed E-state index contributed by atoms with van der Waals surface area (Å²) in [7, 11) is 0. The van der Waals surface area contributed by atoms with Crippen LogP contribution in [0.15, 0.2) is 97.1 Å². The molecule has 0 spiro atoms. The molecule has 0 radical (unpaired) electrons. The molecule has 0 aliphatic heterocycles. The van der Waals surface area contributed by atoms with Crippen LogP contribution >= 0.6 is 0 Å². The van der Waals surface area contributed by atoms with E-state index in [0.717, 1.165) is 32.7 Å². The lowest BCUT2D eigenvalue weighted by Gasteiger charge is -2.20. The average molecular weight is 352 g/mol. The van der Waals surface area contributed by atoms with Gasteiger partial charge in [0.1, 0.15) is 0 Å². The molecule has 4 rings (SSSR count). The van der Waals surface area contributed by atoms with Crippen LogP contribution in [0.1, 0.15) is 24.2 Å². The molecule has 4 aromatic carbocycles. The number of carbonyl (C=O) groups excluding carboxylic acids is 1. The van der Waals surface area contributed by atoms with E-state index in [2.05, 4.69) is 55.1 Å². The number of benzene rings is 4. The summed E-state index contributed by atoms with van der Waals surface area (Å²) in [5, 5.41) is 4.55. The van der Waals surface area contributed by atoms with E-state index >= 15 is 0 Å². The standard InChI is InChI=1S/C25H20O2/c1-17(2)25(26)27-24(22-13-11-18-7-3-5-9-20(18)15-22)23-14-12-19-8-4-6-10-21(19)16-23/h3-16,24H,1H2,2H3. The Morgan fingerprint density at radius 1 is 0.741 bits per heavy atom. The van der Waals surface area contributed by atoms with Crippen molar-refractivity contribution in [3.63, 3.8) is 0 Å². The number of hydrogen-bond donors (Lipinski definition) is 0. The van der Waals surface area contributed by atoms with Crippen LogP contribution in [-0.2, 0) is 9.53 Å². The van der Waals surface area contributed by atoms with Gasteiger partial charge in [0.05, 0.1) is 0 Å². The van der Waals surface area contributed by atoms with Gasteiger partial charge in [-0.2, -0.15) is 0 Å². The minimum absolute atomic E-state index is 0.388. The minimum Gasteiger partial charge on any atom is -0.449 e. The highest BCUT2D eigenvalue weighted by molar-refractivity contribution is 5.88. The number of ether oxygens (including phenoxy) is 1. The summed E-state index contributed by atoms with van der Waals surface area (Å²) in [4.78, 5) is 12.3. The summed E-state index contributed by atoms with van der Waals surface area (Å²) in [6, 6.07) is 28.7. The Bertz CT molecular complexity index is 1080. The predicted octanol–water partition coefficient (Wildman–Crippen LogP) is 6.20. The highest BCUT2D eigenvalue weighted by atomic mass is 16.5. The lowest BCUT2D eigenvalue weighted by atomic mass is 9.96. The van der Waals surface area contributed by atoms with Gasteiger partial charge >= 0.3 is 5.97 Å². The van der Waals surface area contributed by atoms with Crippen molar-refractivity contribution in [1.29, 1.82) is 0 Å². The van der Waals surface area contributed by atoms with Crippen LogP contribution < -0.4 is 0 Å². The zero-order valence-electron chi connectivity index (χ0n) is 15.2. The number of carbonyl (C=O) groups is 1. The third-order valence-corrected chi connectivity index (χ3v) is 4.73. The maximum absolute atomic E-state index is 12.3. The van der Waals surface area contributed by atoms with Crippen molar-refractivity contribution < 1.29 is 9.53 Å². The van der Waals surface area contributed by atoms with E-state index in [-0.39, 0.29) is 5.97 Å². The van der Waals surface area contributed by atoms with Gasteiger partial charge in [0, 0.05) is 5.57 Å². The van der Waals surface area contributed by atoms with Crippen molar-refractivity contribution in [2.75, 3.05) is 0 Å². The molecule has 4 aromatic rings. The Balaban J connectivity index is 1.83. The van der Waals surface area contributed by atoms with E-state index < -0.39 is 6.10 Å². The molecule has 0 N–H and O–H groups in total. The van der Waals surface area contributed by atoms with E-state index in [0.29, 0.717) is 5.57 Å². The van der Waals surface area contributed by atoms with Crippen molar-refractivity contribution in [1.82, 2.24) is 0 Å². The fourth-order valence-corrected chi connectivity index (χ4v) is 3.28. The Morgan fingerprint density at radius 3 is 1.63 bits per heavy atom. The molecule has 0 aliphatic carbocycles. The van der Waals surface area contributed by atoms with Crippen LogP contribution in [0.4, 0.5) is 0 Å².